The first-order valence-electron chi connectivity index (χ1n) is 5.83. The number of phenolic OH excluding ortho intramolecular Hbond substituents is 1. The molecule has 2 aromatic rings. The smallest absolute Gasteiger partial charge is 0.160 e. The number of ether oxygens (including phenoxy) is 1. The van der Waals surface area contributed by atoms with Crippen LogP contribution in [0, 0.1) is 0 Å². The molecule has 4 heteroatoms. The summed E-state index contributed by atoms with van der Waals surface area (Å²) in [4.78, 5) is 0. The molecule has 0 aliphatic rings. The van der Waals surface area contributed by atoms with E-state index in [0.29, 0.717) is 12.3 Å². The molecule has 0 bridgehead atoms. The summed E-state index contributed by atoms with van der Waals surface area (Å²) >= 11 is 0. The number of furan rings is 1. The van der Waals surface area contributed by atoms with Crippen molar-refractivity contribution in [3.05, 3.63) is 47.9 Å². The van der Waals surface area contributed by atoms with Gasteiger partial charge in [0, 0.05) is 6.04 Å². The zero-order chi connectivity index (χ0) is 13.0. The van der Waals surface area contributed by atoms with Crippen LogP contribution in [0.25, 0.3) is 0 Å². The third kappa shape index (κ3) is 2.84. The second kappa shape index (κ2) is 5.60. The third-order valence-electron chi connectivity index (χ3n) is 2.87. The number of aromatic hydroxyl groups is 1. The average Bonchev–Trinajstić information content (AvgIpc) is 2.89. The minimum absolute atomic E-state index is 0.143. The first-order valence-corrected chi connectivity index (χ1v) is 5.83. The van der Waals surface area contributed by atoms with Gasteiger partial charge in [0.25, 0.3) is 0 Å². The Balaban J connectivity index is 2.02. The van der Waals surface area contributed by atoms with Gasteiger partial charge >= 0.3 is 0 Å². The van der Waals surface area contributed by atoms with Crippen molar-refractivity contribution >= 4 is 0 Å². The van der Waals surface area contributed by atoms with Gasteiger partial charge in [0.1, 0.15) is 5.76 Å². The fourth-order valence-electron chi connectivity index (χ4n) is 1.75. The van der Waals surface area contributed by atoms with Crippen LogP contribution in [0.4, 0.5) is 0 Å². The molecule has 1 aromatic heterocycles. The largest absolute Gasteiger partial charge is 0.504 e. The number of phenols is 1. The number of benzene rings is 1. The quantitative estimate of drug-likeness (QED) is 0.853. The highest BCUT2D eigenvalue weighted by atomic mass is 16.5. The second-order valence-corrected chi connectivity index (χ2v) is 4.11. The molecule has 2 rings (SSSR count). The van der Waals surface area contributed by atoms with E-state index in [0.717, 1.165) is 11.3 Å². The summed E-state index contributed by atoms with van der Waals surface area (Å²) < 4.78 is 10.3. The number of hydrogen-bond donors (Lipinski definition) is 2. The molecule has 0 radical (unpaired) electrons. The molecule has 0 saturated carbocycles. The molecule has 0 fully saturated rings. The van der Waals surface area contributed by atoms with Gasteiger partial charge in [0.2, 0.25) is 0 Å². The number of nitrogens with one attached hydrogen (secondary N) is 1. The van der Waals surface area contributed by atoms with Crippen molar-refractivity contribution < 1.29 is 14.3 Å². The van der Waals surface area contributed by atoms with E-state index >= 15 is 0 Å². The molecule has 4 nitrogen and oxygen atoms in total. The van der Waals surface area contributed by atoms with Crippen molar-refractivity contribution in [1.82, 2.24) is 5.32 Å². The van der Waals surface area contributed by atoms with Crippen LogP contribution >= 0.6 is 0 Å². The Labute approximate surface area is 106 Å². The van der Waals surface area contributed by atoms with Gasteiger partial charge in [-0.05, 0) is 36.8 Å². The van der Waals surface area contributed by atoms with Crippen molar-refractivity contribution in [3.8, 4) is 11.5 Å². The molecule has 2 N–H and O–H groups in total. The van der Waals surface area contributed by atoms with Crippen LogP contribution in [0.15, 0.2) is 41.0 Å². The fraction of sp³-hybridized carbons (Fsp3) is 0.286. The van der Waals surface area contributed by atoms with Crippen LogP contribution in [0.1, 0.15) is 24.3 Å². The summed E-state index contributed by atoms with van der Waals surface area (Å²) in [5, 5.41) is 12.9. The van der Waals surface area contributed by atoms with Crippen LogP contribution in [0.3, 0.4) is 0 Å². The summed E-state index contributed by atoms with van der Waals surface area (Å²) in [5.41, 5.74) is 1.05. The van der Waals surface area contributed by atoms with Crippen molar-refractivity contribution in [3.63, 3.8) is 0 Å². The molecule has 1 aromatic carbocycles. The second-order valence-electron chi connectivity index (χ2n) is 4.11. The average molecular weight is 247 g/mol. The Hall–Kier alpha value is -1.94. The first-order chi connectivity index (χ1) is 8.70. The first kappa shape index (κ1) is 12.5. The standard InChI is InChI=1S/C14H17NO3/c1-10(15-9-12-4-3-7-18-12)11-5-6-13(16)14(8-11)17-2/h3-8,10,15-16H,9H2,1-2H3. The highest BCUT2D eigenvalue weighted by Crippen LogP contribution is 2.28. The molecule has 96 valence electrons. The molecular weight excluding hydrogens is 230 g/mol. The number of methoxy groups -OCH3 is 1. The van der Waals surface area contributed by atoms with Crippen LogP contribution < -0.4 is 10.1 Å². The van der Waals surface area contributed by atoms with Crippen molar-refractivity contribution in [2.75, 3.05) is 7.11 Å². The zero-order valence-corrected chi connectivity index (χ0v) is 10.5. The lowest BCUT2D eigenvalue weighted by molar-refractivity contribution is 0.372. The summed E-state index contributed by atoms with van der Waals surface area (Å²) in [5.74, 6) is 1.53. The van der Waals surface area contributed by atoms with Gasteiger partial charge in [-0.25, -0.2) is 0 Å². The van der Waals surface area contributed by atoms with Crippen LogP contribution in [0.5, 0.6) is 11.5 Å². The predicted octanol–water partition coefficient (Wildman–Crippen LogP) is 2.84. The van der Waals surface area contributed by atoms with Gasteiger partial charge in [-0.15, -0.1) is 0 Å². The highest BCUT2D eigenvalue weighted by Gasteiger charge is 2.09. The van der Waals surface area contributed by atoms with Crippen LogP contribution in [-0.4, -0.2) is 12.2 Å². The maximum atomic E-state index is 9.54. The maximum Gasteiger partial charge on any atom is 0.160 e. The minimum Gasteiger partial charge on any atom is -0.504 e. The zero-order valence-electron chi connectivity index (χ0n) is 10.5. The van der Waals surface area contributed by atoms with E-state index in [1.165, 1.54) is 0 Å². The predicted molar refractivity (Wildman–Crippen MR) is 68.6 cm³/mol. The molecule has 1 unspecified atom stereocenters. The normalized spacial score (nSPS) is 12.3. The molecule has 0 amide bonds. The number of rotatable bonds is 5. The summed E-state index contributed by atoms with van der Waals surface area (Å²) in [6.07, 6.45) is 1.66. The molecule has 0 saturated heterocycles. The number of hydrogen-bond acceptors (Lipinski definition) is 4. The lowest BCUT2D eigenvalue weighted by Gasteiger charge is -2.14. The van der Waals surface area contributed by atoms with Gasteiger partial charge in [0.15, 0.2) is 11.5 Å². The molecule has 1 heterocycles. The summed E-state index contributed by atoms with van der Waals surface area (Å²) in [6.45, 7) is 2.71. The van der Waals surface area contributed by atoms with E-state index in [4.69, 9.17) is 9.15 Å². The van der Waals surface area contributed by atoms with E-state index in [-0.39, 0.29) is 11.8 Å². The monoisotopic (exact) mass is 247 g/mol. The van der Waals surface area contributed by atoms with Crippen molar-refractivity contribution in [2.24, 2.45) is 0 Å². The minimum atomic E-state index is 0.143. The van der Waals surface area contributed by atoms with E-state index < -0.39 is 0 Å². The van der Waals surface area contributed by atoms with Gasteiger partial charge < -0.3 is 19.6 Å². The van der Waals surface area contributed by atoms with Crippen LogP contribution in [0.2, 0.25) is 0 Å². The SMILES string of the molecule is COc1cc(C(C)NCc2ccco2)ccc1O. The van der Waals surface area contributed by atoms with E-state index in [1.807, 2.05) is 24.3 Å². The maximum absolute atomic E-state index is 9.54. The molecule has 0 aliphatic heterocycles. The van der Waals surface area contributed by atoms with E-state index in [9.17, 15) is 5.11 Å². The fourth-order valence-corrected chi connectivity index (χ4v) is 1.75. The topological polar surface area (TPSA) is 54.6 Å². The lowest BCUT2D eigenvalue weighted by Crippen LogP contribution is -2.17. The molecule has 0 spiro atoms. The highest BCUT2D eigenvalue weighted by molar-refractivity contribution is 5.42. The van der Waals surface area contributed by atoms with Gasteiger partial charge in [0.05, 0.1) is 19.9 Å². The Bertz CT molecular complexity index is 494. The van der Waals surface area contributed by atoms with Gasteiger partial charge in [-0.3, -0.25) is 0 Å². The Morgan fingerprint density at radius 2 is 2.22 bits per heavy atom. The summed E-state index contributed by atoms with van der Waals surface area (Å²) in [7, 11) is 1.54. The van der Waals surface area contributed by atoms with Crippen molar-refractivity contribution in [2.45, 2.75) is 19.5 Å². The lowest BCUT2D eigenvalue weighted by atomic mass is 10.1. The Morgan fingerprint density at radius 1 is 1.39 bits per heavy atom. The Kier molecular flexibility index (Phi) is 3.89. The van der Waals surface area contributed by atoms with Crippen molar-refractivity contribution in [1.29, 1.82) is 0 Å². The van der Waals surface area contributed by atoms with E-state index in [1.54, 1.807) is 19.4 Å². The molecule has 18 heavy (non-hydrogen) atoms. The third-order valence-corrected chi connectivity index (χ3v) is 2.87. The molecular formula is C14H17NO3. The molecule has 0 aliphatic carbocycles. The van der Waals surface area contributed by atoms with E-state index in [2.05, 4.69) is 12.2 Å². The summed E-state index contributed by atoms with van der Waals surface area (Å²) in [6, 6.07) is 9.28. The van der Waals surface area contributed by atoms with Crippen LogP contribution in [-0.2, 0) is 6.54 Å². The molecule has 1 atom stereocenters. The van der Waals surface area contributed by atoms with Gasteiger partial charge in [-0.2, -0.15) is 0 Å². The Morgan fingerprint density at radius 3 is 2.89 bits per heavy atom. The van der Waals surface area contributed by atoms with Gasteiger partial charge in [-0.1, -0.05) is 6.07 Å².